The number of hydrogen-bond acceptors (Lipinski definition) is 9. The van der Waals surface area contributed by atoms with E-state index in [1.54, 1.807) is 60.9 Å². The van der Waals surface area contributed by atoms with E-state index in [4.69, 9.17) is 4.74 Å². The van der Waals surface area contributed by atoms with E-state index in [0.29, 0.717) is 32.9 Å². The molecule has 0 radical (unpaired) electrons. The number of aromatic nitrogens is 6. The third kappa shape index (κ3) is 7.08. The largest absolute Gasteiger partial charge is 0.457 e. The molecule has 4 rings (SSSR count). The molecule has 0 aliphatic rings. The zero-order chi connectivity index (χ0) is 22.9. The minimum absolute atomic E-state index is 0.151. The van der Waals surface area contributed by atoms with Crippen LogP contribution in [-0.2, 0) is 9.59 Å². The Labute approximate surface area is 196 Å². The third-order valence-electron chi connectivity index (χ3n) is 3.98. The van der Waals surface area contributed by atoms with Crippen molar-refractivity contribution >= 4 is 46.7 Å². The highest BCUT2D eigenvalue weighted by molar-refractivity contribution is 8.00. The molecule has 168 valence electrons. The summed E-state index contributed by atoms with van der Waals surface area (Å²) in [5.41, 5.74) is 1.27. The van der Waals surface area contributed by atoms with Crippen LogP contribution in [0.2, 0.25) is 0 Å². The van der Waals surface area contributed by atoms with Crippen LogP contribution in [0.25, 0.3) is 0 Å². The molecule has 2 amide bonds. The Kier molecular flexibility index (Phi) is 7.56. The summed E-state index contributed by atoms with van der Waals surface area (Å²) in [6.07, 6.45) is 3.11. The van der Waals surface area contributed by atoms with E-state index in [1.807, 2.05) is 0 Å². The van der Waals surface area contributed by atoms with Crippen molar-refractivity contribution in [2.45, 2.75) is 10.1 Å². The normalized spacial score (nSPS) is 10.5. The number of rotatable bonds is 10. The van der Waals surface area contributed by atoms with Crippen LogP contribution in [0.15, 0.2) is 71.0 Å². The van der Waals surface area contributed by atoms with E-state index >= 15 is 0 Å². The average Bonchev–Trinajstić information content (AvgIpc) is 3.52. The molecule has 0 atom stereocenters. The van der Waals surface area contributed by atoms with Crippen molar-refractivity contribution in [1.29, 1.82) is 0 Å². The summed E-state index contributed by atoms with van der Waals surface area (Å²) in [5, 5.41) is 27.1. The summed E-state index contributed by atoms with van der Waals surface area (Å²) in [5.74, 6) is 1.28. The Morgan fingerprint density at radius 1 is 0.788 bits per heavy atom. The second-order valence-corrected chi connectivity index (χ2v) is 8.44. The number of ether oxygens (including phenoxy) is 1. The molecule has 2 aromatic carbocycles. The first-order valence-electron chi connectivity index (χ1n) is 9.59. The average molecular weight is 483 g/mol. The first kappa shape index (κ1) is 22.4. The van der Waals surface area contributed by atoms with Crippen molar-refractivity contribution < 1.29 is 14.3 Å². The molecular formula is C20H18N8O3S2. The monoisotopic (exact) mass is 482 g/mol. The summed E-state index contributed by atoms with van der Waals surface area (Å²) in [6, 6.07) is 14.1. The fraction of sp³-hybridized carbons (Fsp3) is 0.100. The highest BCUT2D eigenvalue weighted by atomic mass is 32.2. The molecule has 13 heteroatoms. The van der Waals surface area contributed by atoms with Gasteiger partial charge in [0.2, 0.25) is 11.8 Å². The maximum Gasteiger partial charge on any atom is 0.234 e. The standard InChI is InChI=1S/C20H18N8O3S2/c29-17(11-32-19-9-21-27-25-19)23-13-4-6-15(7-5-13)31-16-3-1-2-14(8-16)24-18(30)12-33-20-10-22-28-26-20/h1-10H,11-12H2,(H,23,29)(H,24,30)(H,21,25,27)(H,22,26,28). The molecule has 0 aliphatic heterocycles. The van der Waals surface area contributed by atoms with Crippen molar-refractivity contribution in [1.82, 2.24) is 30.8 Å². The number of hydrogen-bond donors (Lipinski definition) is 4. The third-order valence-corrected chi connectivity index (χ3v) is 5.78. The van der Waals surface area contributed by atoms with Gasteiger partial charge in [-0.25, -0.2) is 0 Å². The van der Waals surface area contributed by atoms with Crippen LogP contribution in [0.5, 0.6) is 11.5 Å². The summed E-state index contributed by atoms with van der Waals surface area (Å²) >= 11 is 2.57. The molecule has 0 fully saturated rings. The second kappa shape index (κ2) is 11.2. The molecule has 11 nitrogen and oxygen atoms in total. The van der Waals surface area contributed by atoms with Crippen LogP contribution in [0.1, 0.15) is 0 Å². The predicted molar refractivity (Wildman–Crippen MR) is 124 cm³/mol. The number of benzene rings is 2. The molecule has 2 aromatic heterocycles. The molecular weight excluding hydrogens is 464 g/mol. The van der Waals surface area contributed by atoms with E-state index in [9.17, 15) is 9.59 Å². The molecule has 0 spiro atoms. The molecule has 0 aliphatic carbocycles. The van der Waals surface area contributed by atoms with Crippen molar-refractivity contribution in [3.05, 3.63) is 60.9 Å². The minimum atomic E-state index is -0.165. The summed E-state index contributed by atoms with van der Waals surface area (Å²) in [4.78, 5) is 24.2. The molecule has 33 heavy (non-hydrogen) atoms. The number of anilines is 2. The van der Waals surface area contributed by atoms with Gasteiger partial charge in [-0.05, 0) is 36.4 Å². The van der Waals surface area contributed by atoms with Gasteiger partial charge in [0.25, 0.3) is 0 Å². The Morgan fingerprint density at radius 3 is 1.97 bits per heavy atom. The molecule has 4 aromatic rings. The van der Waals surface area contributed by atoms with Gasteiger partial charge in [0.1, 0.15) is 21.6 Å². The maximum absolute atomic E-state index is 12.1. The molecule has 0 saturated carbocycles. The van der Waals surface area contributed by atoms with Gasteiger partial charge < -0.3 is 15.4 Å². The molecule has 4 N–H and O–H groups in total. The fourth-order valence-corrected chi connectivity index (χ4v) is 3.74. The van der Waals surface area contributed by atoms with Crippen LogP contribution in [0.3, 0.4) is 0 Å². The number of nitrogens with one attached hydrogen (secondary N) is 4. The van der Waals surface area contributed by atoms with E-state index in [-0.39, 0.29) is 23.3 Å². The Morgan fingerprint density at radius 2 is 1.39 bits per heavy atom. The van der Waals surface area contributed by atoms with Gasteiger partial charge in [-0.2, -0.15) is 20.6 Å². The SMILES string of the molecule is O=C(CSc1cn[nH]n1)Nc1ccc(Oc2cccc(NC(=O)CSc3cn[nH]n3)c2)cc1. The number of aromatic amines is 2. The van der Waals surface area contributed by atoms with Gasteiger partial charge in [0.15, 0.2) is 0 Å². The lowest BCUT2D eigenvalue weighted by molar-refractivity contribution is -0.114. The van der Waals surface area contributed by atoms with Gasteiger partial charge in [-0.3, -0.25) is 9.59 Å². The van der Waals surface area contributed by atoms with Gasteiger partial charge >= 0.3 is 0 Å². The Hall–Kier alpha value is -3.84. The molecule has 0 bridgehead atoms. The van der Waals surface area contributed by atoms with Gasteiger partial charge in [0.05, 0.1) is 23.9 Å². The first-order valence-corrected chi connectivity index (χ1v) is 11.6. The van der Waals surface area contributed by atoms with E-state index in [2.05, 4.69) is 41.5 Å². The smallest absolute Gasteiger partial charge is 0.234 e. The number of carbonyl (C=O) groups excluding carboxylic acids is 2. The van der Waals surface area contributed by atoms with Gasteiger partial charge in [-0.15, -0.1) is 10.2 Å². The van der Waals surface area contributed by atoms with Crippen LogP contribution in [0, 0.1) is 0 Å². The second-order valence-electron chi connectivity index (χ2n) is 6.44. The molecule has 2 heterocycles. The van der Waals surface area contributed by atoms with Crippen LogP contribution in [0.4, 0.5) is 11.4 Å². The van der Waals surface area contributed by atoms with Gasteiger partial charge in [-0.1, -0.05) is 29.6 Å². The molecule has 0 unspecified atom stereocenters. The van der Waals surface area contributed by atoms with E-state index < -0.39 is 0 Å². The Bertz CT molecular complexity index is 1180. The first-order chi connectivity index (χ1) is 16.1. The molecule has 0 saturated heterocycles. The number of amides is 2. The van der Waals surface area contributed by atoms with E-state index in [1.165, 1.54) is 23.5 Å². The minimum Gasteiger partial charge on any atom is -0.457 e. The highest BCUT2D eigenvalue weighted by Gasteiger charge is 2.08. The summed E-state index contributed by atoms with van der Waals surface area (Å²) in [6.45, 7) is 0. The maximum atomic E-state index is 12.1. The number of H-pyrrole nitrogens is 2. The lowest BCUT2D eigenvalue weighted by Gasteiger charge is -2.10. The predicted octanol–water partition coefficient (Wildman–Crippen LogP) is 3.18. The summed E-state index contributed by atoms with van der Waals surface area (Å²) < 4.78 is 5.86. The number of thioether (sulfide) groups is 2. The lowest BCUT2D eigenvalue weighted by atomic mass is 10.2. The zero-order valence-electron chi connectivity index (χ0n) is 17.0. The van der Waals surface area contributed by atoms with Crippen molar-refractivity contribution in [2.24, 2.45) is 0 Å². The van der Waals surface area contributed by atoms with Gasteiger partial charge in [0, 0.05) is 17.4 Å². The quantitative estimate of drug-likeness (QED) is 0.250. The van der Waals surface area contributed by atoms with Crippen molar-refractivity contribution in [3.8, 4) is 11.5 Å². The number of carbonyl (C=O) groups is 2. The fourth-order valence-electron chi connectivity index (χ4n) is 2.57. The van der Waals surface area contributed by atoms with Crippen molar-refractivity contribution in [2.75, 3.05) is 22.1 Å². The lowest BCUT2D eigenvalue weighted by Crippen LogP contribution is -2.14. The number of nitrogens with zero attached hydrogens (tertiary/aromatic N) is 4. The van der Waals surface area contributed by atoms with Crippen molar-refractivity contribution in [3.63, 3.8) is 0 Å². The highest BCUT2D eigenvalue weighted by Crippen LogP contribution is 2.26. The van der Waals surface area contributed by atoms with Crippen LogP contribution in [-0.4, -0.2) is 54.1 Å². The Balaban J connectivity index is 1.26. The summed E-state index contributed by atoms with van der Waals surface area (Å²) in [7, 11) is 0. The van der Waals surface area contributed by atoms with Crippen LogP contribution < -0.4 is 15.4 Å². The van der Waals surface area contributed by atoms with E-state index in [0.717, 1.165) is 0 Å². The zero-order valence-corrected chi connectivity index (χ0v) is 18.7. The van der Waals surface area contributed by atoms with Crippen LogP contribution >= 0.6 is 23.5 Å². The topological polar surface area (TPSA) is 151 Å².